The molecular formula is C17H23BrClNO2. The highest BCUT2D eigenvalue weighted by Crippen LogP contribution is 2.26. The van der Waals surface area contributed by atoms with E-state index in [0.29, 0.717) is 0 Å². The first kappa shape index (κ1) is 19.2. The largest absolute Gasteiger partial charge is 0.460 e. The summed E-state index contributed by atoms with van der Waals surface area (Å²) in [4.78, 5) is 0. The van der Waals surface area contributed by atoms with Crippen molar-refractivity contribution >= 4 is 28.3 Å². The number of halogens is 2. The van der Waals surface area contributed by atoms with Gasteiger partial charge in [0.15, 0.2) is 0 Å². The molecule has 122 valence electrons. The van der Waals surface area contributed by atoms with Gasteiger partial charge in [-0.15, -0.1) is 12.4 Å². The number of furan rings is 1. The lowest BCUT2D eigenvalue weighted by Crippen LogP contribution is -2.15. The van der Waals surface area contributed by atoms with Crippen molar-refractivity contribution in [2.75, 3.05) is 19.8 Å². The Morgan fingerprint density at radius 3 is 2.77 bits per heavy atom. The monoisotopic (exact) mass is 387 g/mol. The van der Waals surface area contributed by atoms with Crippen molar-refractivity contribution in [1.82, 2.24) is 5.32 Å². The summed E-state index contributed by atoms with van der Waals surface area (Å²) < 4.78 is 12.3. The van der Waals surface area contributed by atoms with Crippen LogP contribution in [0.15, 0.2) is 39.2 Å². The van der Waals surface area contributed by atoms with E-state index in [9.17, 15) is 0 Å². The van der Waals surface area contributed by atoms with Crippen molar-refractivity contribution in [3.63, 3.8) is 0 Å². The first-order chi connectivity index (χ1) is 10.2. The molecule has 2 aromatic rings. The molecule has 22 heavy (non-hydrogen) atoms. The minimum atomic E-state index is 0. The number of aryl methyl sites for hydroxylation is 1. The quantitative estimate of drug-likeness (QED) is 0.649. The molecule has 0 aliphatic rings. The fraction of sp³-hybridized carbons (Fsp3) is 0.412. The van der Waals surface area contributed by atoms with Crippen LogP contribution in [0.25, 0.3) is 11.3 Å². The van der Waals surface area contributed by atoms with E-state index in [4.69, 9.17) is 9.15 Å². The van der Waals surface area contributed by atoms with Gasteiger partial charge in [-0.1, -0.05) is 22.0 Å². The van der Waals surface area contributed by atoms with E-state index < -0.39 is 0 Å². The van der Waals surface area contributed by atoms with Crippen LogP contribution in [0.2, 0.25) is 0 Å². The third kappa shape index (κ3) is 5.76. The standard InChI is InChI=1S/C17H22BrNO2.ClH/c1-3-20-10-4-9-19-12-15-6-8-17(21-15)14-5-7-16(18)13(2)11-14;/h5-8,11,19H,3-4,9-10,12H2,1-2H3;1H. The van der Waals surface area contributed by atoms with Crippen molar-refractivity contribution in [2.24, 2.45) is 0 Å². The predicted molar refractivity (Wildman–Crippen MR) is 96.6 cm³/mol. The summed E-state index contributed by atoms with van der Waals surface area (Å²) in [6.45, 7) is 7.38. The minimum Gasteiger partial charge on any atom is -0.460 e. The highest BCUT2D eigenvalue weighted by molar-refractivity contribution is 9.10. The zero-order valence-electron chi connectivity index (χ0n) is 13.0. The van der Waals surface area contributed by atoms with E-state index in [0.717, 1.165) is 54.3 Å². The SMILES string of the molecule is CCOCCCNCc1ccc(-c2ccc(Br)c(C)c2)o1.Cl. The van der Waals surface area contributed by atoms with Crippen LogP contribution < -0.4 is 5.32 Å². The van der Waals surface area contributed by atoms with E-state index in [1.54, 1.807) is 0 Å². The van der Waals surface area contributed by atoms with E-state index in [1.165, 1.54) is 5.56 Å². The Bertz CT molecular complexity index is 572. The van der Waals surface area contributed by atoms with Gasteiger partial charge in [0.2, 0.25) is 0 Å². The average Bonchev–Trinajstić information content (AvgIpc) is 2.94. The number of rotatable bonds is 8. The van der Waals surface area contributed by atoms with Crippen LogP contribution >= 0.6 is 28.3 Å². The van der Waals surface area contributed by atoms with Crippen molar-refractivity contribution in [3.05, 3.63) is 46.1 Å². The maximum atomic E-state index is 5.88. The summed E-state index contributed by atoms with van der Waals surface area (Å²) in [6.07, 6.45) is 1.02. The Kier molecular flexibility index (Phi) is 8.79. The number of nitrogens with one attached hydrogen (secondary N) is 1. The van der Waals surface area contributed by atoms with Crippen LogP contribution in [0.5, 0.6) is 0 Å². The topological polar surface area (TPSA) is 34.4 Å². The lowest BCUT2D eigenvalue weighted by atomic mass is 10.1. The molecule has 0 aliphatic heterocycles. The smallest absolute Gasteiger partial charge is 0.134 e. The molecule has 2 rings (SSSR count). The van der Waals surface area contributed by atoms with Crippen molar-refractivity contribution in [1.29, 1.82) is 0 Å². The number of hydrogen-bond acceptors (Lipinski definition) is 3. The summed E-state index contributed by atoms with van der Waals surface area (Å²) in [5.74, 6) is 1.87. The molecule has 0 spiro atoms. The van der Waals surface area contributed by atoms with Gasteiger partial charge in [0.25, 0.3) is 0 Å². The maximum Gasteiger partial charge on any atom is 0.134 e. The third-order valence-corrected chi connectivity index (χ3v) is 4.14. The molecule has 0 saturated carbocycles. The van der Waals surface area contributed by atoms with Crippen molar-refractivity contribution < 1.29 is 9.15 Å². The van der Waals surface area contributed by atoms with Crippen LogP contribution in [-0.4, -0.2) is 19.8 Å². The van der Waals surface area contributed by atoms with Gasteiger partial charge in [-0.2, -0.15) is 0 Å². The maximum absolute atomic E-state index is 5.88. The molecule has 0 radical (unpaired) electrons. The molecule has 5 heteroatoms. The van der Waals surface area contributed by atoms with Crippen LogP contribution in [-0.2, 0) is 11.3 Å². The van der Waals surface area contributed by atoms with Gasteiger partial charge in [0.1, 0.15) is 11.5 Å². The summed E-state index contributed by atoms with van der Waals surface area (Å²) in [5.41, 5.74) is 2.32. The normalized spacial score (nSPS) is 10.5. The van der Waals surface area contributed by atoms with E-state index >= 15 is 0 Å². The summed E-state index contributed by atoms with van der Waals surface area (Å²) in [7, 11) is 0. The highest BCUT2D eigenvalue weighted by Gasteiger charge is 2.06. The molecular weight excluding hydrogens is 366 g/mol. The Hall–Kier alpha value is -0.810. The molecule has 0 saturated heterocycles. The fourth-order valence-corrected chi connectivity index (χ4v) is 2.33. The van der Waals surface area contributed by atoms with Gasteiger partial charge in [-0.25, -0.2) is 0 Å². The molecule has 0 fully saturated rings. The first-order valence-corrected chi connectivity index (χ1v) is 8.13. The molecule has 0 bridgehead atoms. The fourth-order valence-electron chi connectivity index (χ4n) is 2.08. The molecule has 1 aromatic heterocycles. The Balaban J connectivity index is 0.00000242. The average molecular weight is 389 g/mol. The van der Waals surface area contributed by atoms with Crippen molar-refractivity contribution in [3.8, 4) is 11.3 Å². The van der Waals surface area contributed by atoms with E-state index in [1.807, 2.05) is 19.1 Å². The molecule has 0 amide bonds. The van der Waals surface area contributed by atoms with Crippen molar-refractivity contribution in [2.45, 2.75) is 26.8 Å². The van der Waals surface area contributed by atoms with E-state index in [2.05, 4.69) is 46.4 Å². The van der Waals surface area contributed by atoms with Gasteiger partial charge in [0, 0.05) is 23.2 Å². The predicted octanol–water partition coefficient (Wildman–Crippen LogP) is 4.96. The Morgan fingerprint density at radius 2 is 2.05 bits per heavy atom. The minimum absolute atomic E-state index is 0. The molecule has 1 heterocycles. The van der Waals surface area contributed by atoms with Gasteiger partial charge >= 0.3 is 0 Å². The zero-order valence-corrected chi connectivity index (χ0v) is 15.4. The number of hydrogen-bond donors (Lipinski definition) is 1. The third-order valence-electron chi connectivity index (χ3n) is 3.25. The first-order valence-electron chi connectivity index (χ1n) is 7.34. The van der Waals surface area contributed by atoms with Gasteiger partial charge in [-0.3, -0.25) is 0 Å². The number of ether oxygens (including phenoxy) is 1. The zero-order chi connectivity index (χ0) is 15.1. The molecule has 3 nitrogen and oxygen atoms in total. The summed E-state index contributed by atoms with van der Waals surface area (Å²) >= 11 is 3.52. The molecule has 0 atom stereocenters. The molecule has 0 aliphatic carbocycles. The second kappa shape index (κ2) is 10.1. The lowest BCUT2D eigenvalue weighted by molar-refractivity contribution is 0.144. The molecule has 1 N–H and O–H groups in total. The molecule has 0 unspecified atom stereocenters. The summed E-state index contributed by atoms with van der Waals surface area (Å²) in [6, 6.07) is 10.3. The highest BCUT2D eigenvalue weighted by atomic mass is 79.9. The van der Waals surface area contributed by atoms with Crippen LogP contribution in [0.3, 0.4) is 0 Å². The van der Waals surface area contributed by atoms with Gasteiger partial charge in [-0.05, 0) is 56.6 Å². The Labute approximate surface area is 147 Å². The number of benzene rings is 1. The van der Waals surface area contributed by atoms with Crippen LogP contribution in [0.4, 0.5) is 0 Å². The Morgan fingerprint density at radius 1 is 1.23 bits per heavy atom. The van der Waals surface area contributed by atoms with Gasteiger partial charge < -0.3 is 14.5 Å². The van der Waals surface area contributed by atoms with Crippen LogP contribution in [0, 0.1) is 6.92 Å². The van der Waals surface area contributed by atoms with Gasteiger partial charge in [0.05, 0.1) is 6.54 Å². The second-order valence-electron chi connectivity index (χ2n) is 4.96. The lowest BCUT2D eigenvalue weighted by Gasteiger charge is -2.04. The summed E-state index contributed by atoms with van der Waals surface area (Å²) in [5, 5.41) is 3.36. The second-order valence-corrected chi connectivity index (χ2v) is 5.81. The molecule has 1 aromatic carbocycles. The van der Waals surface area contributed by atoms with E-state index in [-0.39, 0.29) is 12.4 Å². The van der Waals surface area contributed by atoms with Crippen LogP contribution in [0.1, 0.15) is 24.7 Å².